The zero-order chi connectivity index (χ0) is 20.4. The molecule has 4 rings (SSSR count). The minimum Gasteiger partial charge on any atom is -0.396 e. The summed E-state index contributed by atoms with van der Waals surface area (Å²) in [5.41, 5.74) is 1.77. The summed E-state index contributed by atoms with van der Waals surface area (Å²) in [4.78, 5) is 18.9. The average molecular weight is 432 g/mol. The van der Waals surface area contributed by atoms with Crippen LogP contribution in [0.25, 0.3) is 21.3 Å². The summed E-state index contributed by atoms with van der Waals surface area (Å²) in [7, 11) is -3.51. The van der Waals surface area contributed by atoms with Crippen LogP contribution in [0.5, 0.6) is 0 Å². The molecule has 0 radical (unpaired) electrons. The summed E-state index contributed by atoms with van der Waals surface area (Å²) in [6.07, 6.45) is 6.57. The van der Waals surface area contributed by atoms with Crippen molar-refractivity contribution in [2.24, 2.45) is 5.16 Å². The maximum Gasteiger partial charge on any atom is 0.233 e. The molecule has 0 amide bonds. The van der Waals surface area contributed by atoms with Crippen molar-refractivity contribution < 1.29 is 13.3 Å². The first kappa shape index (κ1) is 19.3. The van der Waals surface area contributed by atoms with Gasteiger partial charge < -0.3 is 4.84 Å². The molecule has 12 heteroatoms. The highest BCUT2D eigenvalue weighted by Gasteiger charge is 2.32. The number of sulfonamides is 1. The number of fused-ring (bicyclic) bond motifs is 1. The zero-order valence-electron chi connectivity index (χ0n) is 15.7. The van der Waals surface area contributed by atoms with Crippen LogP contribution in [0.4, 0.5) is 5.82 Å². The highest BCUT2D eigenvalue weighted by atomic mass is 32.2. The van der Waals surface area contributed by atoms with Gasteiger partial charge >= 0.3 is 0 Å². The molecular weight excluding hydrogens is 414 g/mol. The molecule has 29 heavy (non-hydrogen) atoms. The quantitative estimate of drug-likeness (QED) is 0.562. The Morgan fingerprint density at radius 3 is 2.90 bits per heavy atom. The number of thiazole rings is 1. The minimum absolute atomic E-state index is 0.151. The Morgan fingerprint density at radius 1 is 1.31 bits per heavy atom. The number of anilines is 1. The summed E-state index contributed by atoms with van der Waals surface area (Å²) in [6, 6.07) is 3.75. The van der Waals surface area contributed by atoms with Gasteiger partial charge in [0.15, 0.2) is 11.6 Å². The Morgan fingerprint density at radius 2 is 2.17 bits per heavy atom. The van der Waals surface area contributed by atoms with Gasteiger partial charge in [-0.25, -0.2) is 18.4 Å². The molecule has 0 fully saturated rings. The van der Waals surface area contributed by atoms with Gasteiger partial charge in [0, 0.05) is 37.1 Å². The third-order valence-corrected chi connectivity index (χ3v) is 6.27. The number of rotatable bonds is 5. The fourth-order valence-corrected chi connectivity index (χ4v) is 4.47. The van der Waals surface area contributed by atoms with Crippen LogP contribution < -0.4 is 4.31 Å². The van der Waals surface area contributed by atoms with Crippen LogP contribution in [0, 0.1) is 0 Å². The van der Waals surface area contributed by atoms with Crippen molar-refractivity contribution in [2.45, 2.75) is 13.3 Å². The van der Waals surface area contributed by atoms with Crippen molar-refractivity contribution in [3.05, 3.63) is 36.4 Å². The molecule has 150 valence electrons. The highest BCUT2D eigenvalue weighted by molar-refractivity contribution is 7.92. The van der Waals surface area contributed by atoms with Crippen LogP contribution in [0.3, 0.4) is 0 Å². The van der Waals surface area contributed by atoms with Gasteiger partial charge in [-0.3, -0.25) is 9.29 Å². The summed E-state index contributed by atoms with van der Waals surface area (Å²) < 4.78 is 25.4. The maximum atomic E-state index is 12.1. The third-order valence-electron chi connectivity index (χ3n) is 4.07. The fraction of sp³-hybridized carbons (Fsp3) is 0.294. The maximum absolute atomic E-state index is 12.1. The Balaban J connectivity index is 1.77. The van der Waals surface area contributed by atoms with Crippen molar-refractivity contribution in [1.29, 1.82) is 0 Å². The van der Waals surface area contributed by atoms with E-state index in [1.54, 1.807) is 18.6 Å². The predicted molar refractivity (Wildman–Crippen MR) is 109 cm³/mol. The SMILES string of the molecule is CCO/N=C1\CCN(S(C)(=O)=O)c2nnc(-c3cnc(-c4cccnc4)s3)nc21. The Labute approximate surface area is 171 Å². The minimum atomic E-state index is -3.51. The van der Waals surface area contributed by atoms with E-state index in [9.17, 15) is 8.42 Å². The molecule has 0 bridgehead atoms. The van der Waals surface area contributed by atoms with Crippen LogP contribution in [-0.4, -0.2) is 58.7 Å². The molecule has 4 heterocycles. The summed E-state index contributed by atoms with van der Waals surface area (Å²) >= 11 is 1.40. The molecule has 0 aromatic carbocycles. The Kier molecular flexibility index (Phi) is 5.20. The van der Waals surface area contributed by atoms with Crippen LogP contribution in [0.2, 0.25) is 0 Å². The number of oxime groups is 1. The van der Waals surface area contributed by atoms with E-state index in [-0.39, 0.29) is 12.4 Å². The predicted octanol–water partition coefficient (Wildman–Crippen LogP) is 1.97. The lowest BCUT2D eigenvalue weighted by Crippen LogP contribution is -2.38. The van der Waals surface area contributed by atoms with E-state index in [1.807, 2.05) is 19.1 Å². The van der Waals surface area contributed by atoms with Gasteiger partial charge in [-0.15, -0.1) is 21.5 Å². The van der Waals surface area contributed by atoms with E-state index >= 15 is 0 Å². The van der Waals surface area contributed by atoms with E-state index in [2.05, 4.69) is 30.3 Å². The molecule has 0 N–H and O–H groups in total. The molecule has 0 unspecified atom stereocenters. The van der Waals surface area contributed by atoms with Crippen LogP contribution in [0.15, 0.2) is 35.9 Å². The summed E-state index contributed by atoms with van der Waals surface area (Å²) in [5, 5.41) is 13.2. The van der Waals surface area contributed by atoms with Crippen molar-refractivity contribution in [1.82, 2.24) is 25.1 Å². The summed E-state index contributed by atoms with van der Waals surface area (Å²) in [6.45, 7) is 2.42. The topological polar surface area (TPSA) is 123 Å². The number of nitrogens with zero attached hydrogens (tertiary/aromatic N) is 7. The average Bonchev–Trinajstić information content (AvgIpc) is 3.21. The molecule has 3 aromatic rings. The van der Waals surface area contributed by atoms with Crippen molar-refractivity contribution in [2.75, 3.05) is 23.7 Å². The van der Waals surface area contributed by atoms with Gasteiger partial charge in [0.2, 0.25) is 10.0 Å². The lowest BCUT2D eigenvalue weighted by atomic mass is 10.1. The fourth-order valence-electron chi connectivity index (χ4n) is 2.77. The van der Waals surface area contributed by atoms with Gasteiger partial charge in [0.1, 0.15) is 23.0 Å². The molecule has 10 nitrogen and oxygen atoms in total. The summed E-state index contributed by atoms with van der Waals surface area (Å²) in [5.74, 6) is 0.494. The van der Waals surface area contributed by atoms with Crippen LogP contribution >= 0.6 is 11.3 Å². The molecule has 0 saturated carbocycles. The molecule has 3 aromatic heterocycles. The largest absolute Gasteiger partial charge is 0.396 e. The third kappa shape index (κ3) is 3.93. The second-order valence-electron chi connectivity index (χ2n) is 6.12. The zero-order valence-corrected chi connectivity index (χ0v) is 17.3. The van der Waals surface area contributed by atoms with Gasteiger partial charge in [0.05, 0.1) is 11.1 Å². The van der Waals surface area contributed by atoms with Crippen molar-refractivity contribution in [3.8, 4) is 21.3 Å². The lowest BCUT2D eigenvalue weighted by molar-refractivity contribution is 0.158. The molecule has 0 atom stereocenters. The van der Waals surface area contributed by atoms with E-state index in [0.717, 1.165) is 16.8 Å². The van der Waals surface area contributed by atoms with Gasteiger partial charge in [-0.05, 0) is 19.1 Å². The number of aromatic nitrogens is 5. The molecule has 0 saturated heterocycles. The van der Waals surface area contributed by atoms with E-state index in [4.69, 9.17) is 4.84 Å². The first-order valence-electron chi connectivity index (χ1n) is 8.75. The first-order valence-corrected chi connectivity index (χ1v) is 11.4. The standard InChI is InChI=1S/C17H17N7O3S2/c1-3-27-23-12-6-8-24(29(2,25)26)16-14(12)20-15(21-22-16)13-10-19-17(28-13)11-5-4-7-18-9-11/h4-5,7,9-10H,3,6,8H2,1-2H3/b23-12+. The second-order valence-corrected chi connectivity index (χ2v) is 9.06. The first-order chi connectivity index (χ1) is 14.0. The molecule has 1 aliphatic rings. The number of hydrogen-bond donors (Lipinski definition) is 0. The normalized spacial score (nSPS) is 15.4. The smallest absolute Gasteiger partial charge is 0.233 e. The lowest BCUT2D eigenvalue weighted by Gasteiger charge is -2.27. The number of hydrogen-bond acceptors (Lipinski definition) is 10. The number of pyridine rings is 1. The molecule has 0 aliphatic carbocycles. The molecule has 0 spiro atoms. The second kappa shape index (κ2) is 7.79. The Hall–Kier alpha value is -2.99. The van der Waals surface area contributed by atoms with Crippen LogP contribution in [0.1, 0.15) is 19.0 Å². The van der Waals surface area contributed by atoms with Crippen molar-refractivity contribution >= 4 is 32.9 Å². The van der Waals surface area contributed by atoms with E-state index in [0.29, 0.717) is 35.1 Å². The van der Waals surface area contributed by atoms with Crippen molar-refractivity contribution in [3.63, 3.8) is 0 Å². The molecule has 1 aliphatic heterocycles. The van der Waals surface area contributed by atoms with Gasteiger partial charge in [0.25, 0.3) is 0 Å². The van der Waals surface area contributed by atoms with E-state index < -0.39 is 10.0 Å². The van der Waals surface area contributed by atoms with Crippen LogP contribution in [-0.2, 0) is 14.9 Å². The highest BCUT2D eigenvalue weighted by Crippen LogP contribution is 2.32. The van der Waals surface area contributed by atoms with E-state index in [1.165, 1.54) is 15.6 Å². The molecular formula is C17H17N7O3S2. The van der Waals surface area contributed by atoms with Gasteiger partial charge in [-0.1, -0.05) is 5.16 Å². The van der Waals surface area contributed by atoms with Gasteiger partial charge in [-0.2, -0.15) is 0 Å². The monoisotopic (exact) mass is 431 g/mol. The Bertz CT molecular complexity index is 1160.